The van der Waals surface area contributed by atoms with E-state index in [2.05, 4.69) is 0 Å². The lowest BCUT2D eigenvalue weighted by molar-refractivity contribution is -0.130. The molecule has 2 rings (SSSR count). The van der Waals surface area contributed by atoms with Crippen molar-refractivity contribution < 1.29 is 13.2 Å². The van der Waals surface area contributed by atoms with Gasteiger partial charge in [-0.1, -0.05) is 29.8 Å². The zero-order valence-corrected chi connectivity index (χ0v) is 16.4. The van der Waals surface area contributed by atoms with Crippen LogP contribution in [0.25, 0.3) is 0 Å². The second-order valence-electron chi connectivity index (χ2n) is 5.98. The van der Waals surface area contributed by atoms with Crippen LogP contribution < -0.4 is 0 Å². The highest BCUT2D eigenvalue weighted by molar-refractivity contribution is 7.98. The van der Waals surface area contributed by atoms with Crippen molar-refractivity contribution in [2.24, 2.45) is 0 Å². The Morgan fingerprint density at radius 3 is 2.20 bits per heavy atom. The summed E-state index contributed by atoms with van der Waals surface area (Å²) in [7, 11) is -1.74. The van der Waals surface area contributed by atoms with Gasteiger partial charge in [0.1, 0.15) is 0 Å². The van der Waals surface area contributed by atoms with Gasteiger partial charge in [0.25, 0.3) is 0 Å². The second-order valence-corrected chi connectivity index (χ2v) is 8.97. The predicted molar refractivity (Wildman–Crippen MR) is 103 cm³/mol. The van der Waals surface area contributed by atoms with E-state index in [-0.39, 0.29) is 23.0 Å². The summed E-state index contributed by atoms with van der Waals surface area (Å²) >= 11 is 1.67. The van der Waals surface area contributed by atoms with Gasteiger partial charge in [0.05, 0.1) is 10.6 Å². The standard InChI is InChI=1S/C19H23NO3S2/c1-15-4-10-18(11-5-15)25(22,23)13-12-19(21)20(2)14-16-6-8-17(24-3)9-7-16/h4-11H,12-14H2,1-3H3. The molecule has 0 unspecified atom stereocenters. The van der Waals surface area contributed by atoms with Crippen LogP contribution in [-0.4, -0.2) is 38.3 Å². The summed E-state index contributed by atoms with van der Waals surface area (Å²) < 4.78 is 24.7. The molecule has 0 bridgehead atoms. The van der Waals surface area contributed by atoms with E-state index >= 15 is 0 Å². The lowest BCUT2D eigenvalue weighted by Crippen LogP contribution is -2.28. The Morgan fingerprint density at radius 2 is 1.64 bits per heavy atom. The fraction of sp³-hybridized carbons (Fsp3) is 0.316. The van der Waals surface area contributed by atoms with Gasteiger partial charge in [0.15, 0.2) is 9.84 Å². The summed E-state index contributed by atoms with van der Waals surface area (Å²) in [6, 6.07) is 14.7. The van der Waals surface area contributed by atoms with Gasteiger partial charge in [-0.2, -0.15) is 0 Å². The minimum Gasteiger partial charge on any atom is -0.341 e. The first-order valence-electron chi connectivity index (χ1n) is 7.98. The van der Waals surface area contributed by atoms with Crippen molar-refractivity contribution in [3.05, 3.63) is 59.7 Å². The molecule has 0 atom stereocenters. The van der Waals surface area contributed by atoms with E-state index in [0.717, 1.165) is 11.1 Å². The smallest absolute Gasteiger partial charge is 0.223 e. The highest BCUT2D eigenvalue weighted by Crippen LogP contribution is 2.16. The molecule has 6 heteroatoms. The van der Waals surface area contributed by atoms with Gasteiger partial charge in [-0.25, -0.2) is 8.42 Å². The molecule has 0 radical (unpaired) electrons. The molecule has 0 aromatic heterocycles. The summed E-state index contributed by atoms with van der Waals surface area (Å²) in [5.41, 5.74) is 2.03. The molecule has 0 aliphatic rings. The largest absolute Gasteiger partial charge is 0.341 e. The number of sulfone groups is 1. The Kier molecular flexibility index (Phi) is 6.67. The van der Waals surface area contributed by atoms with Gasteiger partial charge >= 0.3 is 0 Å². The number of hydrogen-bond acceptors (Lipinski definition) is 4. The van der Waals surface area contributed by atoms with Crippen molar-refractivity contribution >= 4 is 27.5 Å². The van der Waals surface area contributed by atoms with Crippen LogP contribution >= 0.6 is 11.8 Å². The van der Waals surface area contributed by atoms with Crippen molar-refractivity contribution in [2.75, 3.05) is 19.1 Å². The Balaban J connectivity index is 1.92. The zero-order valence-electron chi connectivity index (χ0n) is 14.7. The molecule has 4 nitrogen and oxygen atoms in total. The van der Waals surface area contributed by atoms with Crippen LogP contribution in [-0.2, 0) is 21.2 Å². The van der Waals surface area contributed by atoms with Crippen LogP contribution in [0, 0.1) is 6.92 Å². The molecular weight excluding hydrogens is 354 g/mol. The highest BCUT2D eigenvalue weighted by Gasteiger charge is 2.18. The highest BCUT2D eigenvalue weighted by atomic mass is 32.2. The maximum atomic E-state index is 12.3. The van der Waals surface area contributed by atoms with E-state index < -0.39 is 9.84 Å². The number of thioether (sulfide) groups is 1. The number of benzene rings is 2. The first-order valence-corrected chi connectivity index (χ1v) is 10.9. The van der Waals surface area contributed by atoms with Crippen LogP contribution in [0.1, 0.15) is 17.5 Å². The predicted octanol–water partition coefficient (Wildman–Crippen LogP) is 3.54. The number of carbonyl (C=O) groups excluding carboxylic acids is 1. The molecule has 0 saturated heterocycles. The minimum absolute atomic E-state index is 0.0182. The molecule has 0 saturated carbocycles. The van der Waals surface area contributed by atoms with E-state index in [1.807, 2.05) is 37.4 Å². The van der Waals surface area contributed by atoms with E-state index in [0.29, 0.717) is 6.54 Å². The monoisotopic (exact) mass is 377 g/mol. The third kappa shape index (κ3) is 5.61. The number of rotatable bonds is 7. The van der Waals surface area contributed by atoms with Gasteiger partial charge in [0.2, 0.25) is 5.91 Å². The number of aryl methyl sites for hydroxylation is 1. The minimum atomic E-state index is -3.44. The molecule has 2 aromatic carbocycles. The molecule has 1 amide bonds. The van der Waals surface area contributed by atoms with Crippen molar-refractivity contribution in [1.82, 2.24) is 4.90 Å². The average Bonchev–Trinajstić information content (AvgIpc) is 2.60. The number of amides is 1. The molecule has 0 fully saturated rings. The normalized spacial score (nSPS) is 11.3. The maximum absolute atomic E-state index is 12.3. The average molecular weight is 378 g/mol. The third-order valence-corrected chi connectivity index (χ3v) is 6.44. The van der Waals surface area contributed by atoms with Gasteiger partial charge in [-0.15, -0.1) is 11.8 Å². The molecule has 0 heterocycles. The fourth-order valence-corrected chi connectivity index (χ4v) is 4.01. The van der Waals surface area contributed by atoms with Gasteiger partial charge in [0, 0.05) is 24.9 Å². The number of carbonyl (C=O) groups is 1. The third-order valence-electron chi connectivity index (χ3n) is 3.97. The first kappa shape index (κ1) is 19.5. The summed E-state index contributed by atoms with van der Waals surface area (Å²) in [5.74, 6) is -0.352. The fourth-order valence-electron chi connectivity index (χ4n) is 2.37. The molecule has 0 N–H and O–H groups in total. The quantitative estimate of drug-likeness (QED) is 0.693. The van der Waals surface area contributed by atoms with Crippen molar-refractivity contribution in [1.29, 1.82) is 0 Å². The zero-order chi connectivity index (χ0) is 18.4. The topological polar surface area (TPSA) is 54.5 Å². The molecule has 134 valence electrons. The summed E-state index contributed by atoms with van der Waals surface area (Å²) in [6.07, 6.45) is 1.99. The SMILES string of the molecule is CSc1ccc(CN(C)C(=O)CCS(=O)(=O)c2ccc(C)cc2)cc1. The first-order chi connectivity index (χ1) is 11.8. The van der Waals surface area contributed by atoms with E-state index in [9.17, 15) is 13.2 Å². The van der Waals surface area contributed by atoms with Gasteiger partial charge in [-0.05, 0) is 43.0 Å². The van der Waals surface area contributed by atoms with E-state index in [1.165, 1.54) is 4.90 Å². The number of hydrogen-bond donors (Lipinski definition) is 0. The molecule has 0 aliphatic carbocycles. The number of nitrogens with zero attached hydrogens (tertiary/aromatic N) is 1. The van der Waals surface area contributed by atoms with Crippen LogP contribution in [0.4, 0.5) is 0 Å². The summed E-state index contributed by atoms with van der Waals surface area (Å²) in [5, 5.41) is 0. The molecule has 0 aliphatic heterocycles. The summed E-state index contributed by atoms with van der Waals surface area (Å²) in [6.45, 7) is 2.37. The van der Waals surface area contributed by atoms with Crippen LogP contribution in [0.2, 0.25) is 0 Å². The summed E-state index contributed by atoms with van der Waals surface area (Å²) in [4.78, 5) is 15.3. The lowest BCUT2D eigenvalue weighted by atomic mass is 10.2. The Morgan fingerprint density at radius 1 is 1.04 bits per heavy atom. The van der Waals surface area contributed by atoms with Crippen LogP contribution in [0.15, 0.2) is 58.3 Å². The van der Waals surface area contributed by atoms with Crippen LogP contribution in [0.5, 0.6) is 0 Å². The van der Waals surface area contributed by atoms with E-state index in [1.54, 1.807) is 48.0 Å². The Hall–Kier alpha value is -1.79. The molecular formula is C19H23NO3S2. The van der Waals surface area contributed by atoms with Crippen molar-refractivity contribution in [3.8, 4) is 0 Å². The van der Waals surface area contributed by atoms with Crippen molar-refractivity contribution in [3.63, 3.8) is 0 Å². The lowest BCUT2D eigenvalue weighted by Gasteiger charge is -2.17. The van der Waals surface area contributed by atoms with Gasteiger partial charge in [-0.3, -0.25) is 4.79 Å². The van der Waals surface area contributed by atoms with Crippen LogP contribution in [0.3, 0.4) is 0 Å². The van der Waals surface area contributed by atoms with Crippen molar-refractivity contribution in [2.45, 2.75) is 29.7 Å². The Bertz CT molecular complexity index is 813. The molecule has 25 heavy (non-hydrogen) atoms. The molecule has 0 spiro atoms. The van der Waals surface area contributed by atoms with E-state index in [4.69, 9.17) is 0 Å². The second kappa shape index (κ2) is 8.54. The molecule has 2 aromatic rings. The Labute approximate surface area is 154 Å². The van der Waals surface area contributed by atoms with Gasteiger partial charge < -0.3 is 4.90 Å². The maximum Gasteiger partial charge on any atom is 0.223 e.